The third kappa shape index (κ3) is 3.47. The van der Waals surface area contributed by atoms with Crippen molar-refractivity contribution < 1.29 is 9.66 Å². The van der Waals surface area contributed by atoms with Gasteiger partial charge in [0, 0.05) is 43.3 Å². The molecule has 7 heteroatoms. The summed E-state index contributed by atoms with van der Waals surface area (Å²) in [4.78, 5) is 14.3. The minimum atomic E-state index is -0.457. The number of methoxy groups -OCH3 is 1. The molecular weight excluding hydrogens is 260 g/mol. The normalized spacial score (nSPS) is 10.2. The average molecular weight is 276 g/mol. The summed E-state index contributed by atoms with van der Waals surface area (Å²) in [6.07, 6.45) is 6.36. The molecule has 0 unspecified atom stereocenters. The van der Waals surface area contributed by atoms with Gasteiger partial charge in [0.05, 0.1) is 18.4 Å². The maximum Gasteiger partial charge on any atom is 0.311 e. The number of rotatable bonds is 7. The van der Waals surface area contributed by atoms with Crippen LogP contribution in [-0.4, -0.2) is 28.1 Å². The van der Waals surface area contributed by atoms with Crippen LogP contribution in [0.1, 0.15) is 6.42 Å². The van der Waals surface area contributed by atoms with Gasteiger partial charge in [-0.3, -0.25) is 10.1 Å². The second-order valence-corrected chi connectivity index (χ2v) is 4.22. The lowest BCUT2D eigenvalue weighted by Crippen LogP contribution is -2.06. The zero-order chi connectivity index (χ0) is 14.4. The zero-order valence-corrected chi connectivity index (χ0v) is 11.2. The first-order chi connectivity index (χ1) is 9.70. The number of hydrogen-bond acceptors (Lipinski definition) is 5. The van der Waals surface area contributed by atoms with Crippen molar-refractivity contribution in [2.75, 3.05) is 19.0 Å². The van der Waals surface area contributed by atoms with E-state index in [-0.39, 0.29) is 11.4 Å². The Balaban J connectivity index is 1.88. The van der Waals surface area contributed by atoms with E-state index in [0.29, 0.717) is 0 Å². The van der Waals surface area contributed by atoms with Crippen molar-refractivity contribution >= 4 is 11.4 Å². The fourth-order valence-electron chi connectivity index (χ4n) is 1.85. The van der Waals surface area contributed by atoms with Gasteiger partial charge in [0.1, 0.15) is 0 Å². The molecule has 7 nitrogen and oxygen atoms in total. The minimum absolute atomic E-state index is 0.0311. The van der Waals surface area contributed by atoms with Crippen molar-refractivity contribution in [3.05, 3.63) is 47.0 Å². The zero-order valence-electron chi connectivity index (χ0n) is 11.2. The number of nitrogens with zero attached hydrogens (tertiary/aromatic N) is 3. The van der Waals surface area contributed by atoms with E-state index in [2.05, 4.69) is 10.3 Å². The van der Waals surface area contributed by atoms with Gasteiger partial charge in [0.15, 0.2) is 5.75 Å². The Kier molecular flexibility index (Phi) is 4.54. The molecule has 0 amide bonds. The molecule has 0 fully saturated rings. The molecule has 0 atom stereocenters. The molecule has 1 aromatic carbocycles. The molecule has 106 valence electrons. The van der Waals surface area contributed by atoms with Gasteiger partial charge in [0.2, 0.25) is 0 Å². The Bertz CT molecular complexity index is 569. The Morgan fingerprint density at radius 3 is 3.00 bits per heavy atom. The van der Waals surface area contributed by atoms with Crippen LogP contribution >= 0.6 is 0 Å². The molecule has 0 spiro atoms. The molecule has 0 aliphatic carbocycles. The monoisotopic (exact) mass is 276 g/mol. The molecule has 0 radical (unpaired) electrons. The number of imidazole rings is 1. The van der Waals surface area contributed by atoms with Gasteiger partial charge in [-0.25, -0.2) is 4.98 Å². The van der Waals surface area contributed by atoms with Crippen molar-refractivity contribution in [1.29, 1.82) is 0 Å². The molecule has 0 saturated carbocycles. The molecule has 1 N–H and O–H groups in total. The van der Waals surface area contributed by atoms with Gasteiger partial charge in [-0.05, 0) is 12.5 Å². The van der Waals surface area contributed by atoms with Gasteiger partial charge < -0.3 is 14.6 Å². The predicted octanol–water partition coefficient (Wildman–Crippen LogP) is 2.30. The van der Waals surface area contributed by atoms with Crippen LogP contribution in [0, 0.1) is 10.1 Å². The largest absolute Gasteiger partial charge is 0.490 e. The average Bonchev–Trinajstić information content (AvgIpc) is 2.96. The van der Waals surface area contributed by atoms with Crippen LogP contribution in [0.15, 0.2) is 36.9 Å². The van der Waals surface area contributed by atoms with E-state index in [1.807, 2.05) is 10.8 Å². The van der Waals surface area contributed by atoms with Crippen molar-refractivity contribution in [3.63, 3.8) is 0 Å². The van der Waals surface area contributed by atoms with Crippen molar-refractivity contribution in [2.45, 2.75) is 13.0 Å². The Morgan fingerprint density at radius 1 is 1.50 bits per heavy atom. The van der Waals surface area contributed by atoms with E-state index < -0.39 is 4.92 Å². The number of nitro benzene ring substituents is 1. The third-order valence-electron chi connectivity index (χ3n) is 2.86. The van der Waals surface area contributed by atoms with Crippen molar-refractivity contribution in [2.24, 2.45) is 0 Å². The lowest BCUT2D eigenvalue weighted by atomic mass is 10.2. The Hall–Kier alpha value is -2.57. The van der Waals surface area contributed by atoms with Crippen LogP contribution in [0.5, 0.6) is 5.75 Å². The second kappa shape index (κ2) is 6.55. The van der Waals surface area contributed by atoms with E-state index in [1.54, 1.807) is 24.7 Å². The fourth-order valence-corrected chi connectivity index (χ4v) is 1.85. The van der Waals surface area contributed by atoms with Crippen LogP contribution in [0.25, 0.3) is 0 Å². The molecule has 0 bridgehead atoms. The van der Waals surface area contributed by atoms with E-state index in [1.165, 1.54) is 13.2 Å². The smallest absolute Gasteiger partial charge is 0.311 e. The van der Waals surface area contributed by atoms with Gasteiger partial charge in [0.25, 0.3) is 0 Å². The highest BCUT2D eigenvalue weighted by Gasteiger charge is 2.14. The summed E-state index contributed by atoms with van der Waals surface area (Å²) < 4.78 is 7.02. The van der Waals surface area contributed by atoms with Crippen LogP contribution < -0.4 is 10.1 Å². The Morgan fingerprint density at radius 2 is 2.35 bits per heavy atom. The summed E-state index contributed by atoms with van der Waals surface area (Å²) in [6.45, 7) is 1.64. The van der Waals surface area contributed by atoms with Gasteiger partial charge in [-0.15, -0.1) is 0 Å². The number of aromatic nitrogens is 2. The molecule has 1 aromatic heterocycles. The highest BCUT2D eigenvalue weighted by Crippen LogP contribution is 2.29. The highest BCUT2D eigenvalue weighted by molar-refractivity contribution is 5.57. The summed E-state index contributed by atoms with van der Waals surface area (Å²) in [6, 6.07) is 4.75. The summed E-state index contributed by atoms with van der Waals surface area (Å²) in [5, 5.41) is 14.0. The predicted molar refractivity (Wildman–Crippen MR) is 75.0 cm³/mol. The van der Waals surface area contributed by atoms with Crippen LogP contribution in [-0.2, 0) is 6.54 Å². The second-order valence-electron chi connectivity index (χ2n) is 4.22. The molecule has 2 aromatic rings. The number of ether oxygens (including phenoxy) is 1. The first-order valence-electron chi connectivity index (χ1n) is 6.23. The maximum absolute atomic E-state index is 10.8. The number of anilines is 1. The summed E-state index contributed by atoms with van der Waals surface area (Å²) in [7, 11) is 1.42. The molecule has 20 heavy (non-hydrogen) atoms. The van der Waals surface area contributed by atoms with E-state index >= 15 is 0 Å². The van der Waals surface area contributed by atoms with Crippen LogP contribution in [0.3, 0.4) is 0 Å². The number of benzene rings is 1. The number of nitrogens with one attached hydrogen (secondary N) is 1. The quantitative estimate of drug-likeness (QED) is 0.476. The van der Waals surface area contributed by atoms with E-state index in [4.69, 9.17) is 4.74 Å². The van der Waals surface area contributed by atoms with Crippen LogP contribution in [0.2, 0.25) is 0 Å². The Labute approximate surface area is 116 Å². The van der Waals surface area contributed by atoms with E-state index in [9.17, 15) is 10.1 Å². The van der Waals surface area contributed by atoms with Crippen molar-refractivity contribution in [3.8, 4) is 5.75 Å². The molecule has 2 rings (SSSR count). The SMILES string of the molecule is COc1cc(NCCCn2ccnc2)ccc1[N+](=O)[O-]. The summed E-state index contributed by atoms with van der Waals surface area (Å²) in [5.74, 6) is 0.259. The highest BCUT2D eigenvalue weighted by atomic mass is 16.6. The molecule has 1 heterocycles. The topological polar surface area (TPSA) is 82.2 Å². The van der Waals surface area contributed by atoms with Crippen molar-refractivity contribution in [1.82, 2.24) is 9.55 Å². The van der Waals surface area contributed by atoms with Gasteiger partial charge in [-0.1, -0.05) is 0 Å². The number of aryl methyl sites for hydroxylation is 1. The first-order valence-corrected chi connectivity index (χ1v) is 6.23. The number of hydrogen-bond donors (Lipinski definition) is 1. The lowest BCUT2D eigenvalue weighted by Gasteiger charge is -2.08. The summed E-state index contributed by atoms with van der Waals surface area (Å²) in [5.41, 5.74) is 0.773. The minimum Gasteiger partial charge on any atom is -0.490 e. The van der Waals surface area contributed by atoms with Crippen LogP contribution in [0.4, 0.5) is 11.4 Å². The molecule has 0 aliphatic heterocycles. The van der Waals surface area contributed by atoms with E-state index in [0.717, 1.165) is 25.2 Å². The molecule has 0 aliphatic rings. The summed E-state index contributed by atoms with van der Waals surface area (Å²) >= 11 is 0. The lowest BCUT2D eigenvalue weighted by molar-refractivity contribution is -0.385. The molecular formula is C13H16N4O3. The molecule has 0 saturated heterocycles. The standard InChI is InChI=1S/C13H16N4O3/c1-20-13-9-11(3-4-12(13)17(18)19)15-5-2-7-16-8-6-14-10-16/h3-4,6,8-10,15H,2,5,7H2,1H3. The van der Waals surface area contributed by atoms with Gasteiger partial charge in [-0.2, -0.15) is 0 Å². The number of nitro groups is 1. The first kappa shape index (κ1) is 13.9. The third-order valence-corrected chi connectivity index (χ3v) is 2.86. The fraction of sp³-hybridized carbons (Fsp3) is 0.308. The maximum atomic E-state index is 10.8. The van der Waals surface area contributed by atoms with Gasteiger partial charge >= 0.3 is 5.69 Å².